The van der Waals surface area contributed by atoms with Crippen molar-refractivity contribution in [3.8, 4) is 6.07 Å². The molecule has 164 valence electrons. The molecule has 0 bridgehead atoms. The van der Waals surface area contributed by atoms with E-state index in [1.165, 1.54) is 24.3 Å². The number of carbonyl (C=O) groups is 4. The average Bonchev–Trinajstić information content (AvgIpc) is 3.01. The molecule has 3 rings (SSSR count). The molecule has 1 aliphatic heterocycles. The van der Waals surface area contributed by atoms with Crippen LogP contribution in [0.3, 0.4) is 0 Å². The Kier molecular flexibility index (Phi) is 6.54. The topological polar surface area (TPSA) is 129 Å². The highest BCUT2D eigenvalue weighted by Crippen LogP contribution is 2.29. The number of urea groups is 1. The summed E-state index contributed by atoms with van der Waals surface area (Å²) < 4.78 is 5.05. The average molecular weight is 434 g/mol. The van der Waals surface area contributed by atoms with Gasteiger partial charge in [0.15, 0.2) is 0 Å². The van der Waals surface area contributed by atoms with Gasteiger partial charge in [0.25, 0.3) is 5.91 Å². The van der Waals surface area contributed by atoms with Gasteiger partial charge in [0.2, 0.25) is 5.91 Å². The fourth-order valence-corrected chi connectivity index (χ4v) is 3.23. The zero-order chi connectivity index (χ0) is 23.3. The van der Waals surface area contributed by atoms with Crippen LogP contribution in [0.25, 0.3) is 0 Å². The van der Waals surface area contributed by atoms with Crippen LogP contribution in [0.2, 0.25) is 0 Å². The molecule has 32 heavy (non-hydrogen) atoms. The minimum atomic E-state index is -1.34. The Bertz CT molecular complexity index is 1090. The first-order valence-electron chi connectivity index (χ1n) is 10.00. The molecule has 2 N–H and O–H groups in total. The summed E-state index contributed by atoms with van der Waals surface area (Å²) in [4.78, 5) is 50.4. The van der Waals surface area contributed by atoms with Crippen LogP contribution >= 0.6 is 0 Å². The second-order valence-electron chi connectivity index (χ2n) is 7.40. The molecule has 1 aliphatic rings. The summed E-state index contributed by atoms with van der Waals surface area (Å²) >= 11 is 0. The number of nitrogens with zero attached hydrogens (tertiary/aromatic N) is 2. The quantitative estimate of drug-likeness (QED) is 0.509. The van der Waals surface area contributed by atoms with E-state index in [2.05, 4.69) is 10.6 Å². The molecule has 0 aromatic heterocycles. The third-order valence-electron chi connectivity index (χ3n) is 5.01. The first kappa shape index (κ1) is 22.5. The smallest absolute Gasteiger partial charge is 0.338 e. The van der Waals surface area contributed by atoms with Crippen LogP contribution in [0.1, 0.15) is 41.8 Å². The number of amides is 4. The van der Waals surface area contributed by atoms with Crippen LogP contribution < -0.4 is 10.6 Å². The van der Waals surface area contributed by atoms with Crippen molar-refractivity contribution in [2.24, 2.45) is 0 Å². The Morgan fingerprint density at radius 2 is 1.78 bits per heavy atom. The van der Waals surface area contributed by atoms with Crippen LogP contribution in [-0.4, -0.2) is 41.9 Å². The number of hydrogen-bond acceptors (Lipinski definition) is 6. The first-order valence-corrected chi connectivity index (χ1v) is 10.00. The van der Waals surface area contributed by atoms with Gasteiger partial charge in [-0.2, -0.15) is 5.26 Å². The van der Waals surface area contributed by atoms with Crippen molar-refractivity contribution in [1.82, 2.24) is 10.2 Å². The van der Waals surface area contributed by atoms with E-state index in [1.807, 2.05) is 13.0 Å². The van der Waals surface area contributed by atoms with Gasteiger partial charge in [-0.05, 0) is 55.3 Å². The molecule has 1 heterocycles. The predicted molar refractivity (Wildman–Crippen MR) is 114 cm³/mol. The Morgan fingerprint density at radius 1 is 1.12 bits per heavy atom. The summed E-state index contributed by atoms with van der Waals surface area (Å²) in [6.45, 7) is 3.29. The standard InChI is InChI=1S/C23H22N4O5/c1-3-12-32-20(29)16-6-10-18(11-7-16)25-19(28)14-27-21(30)23(2,26-22(27)31)17-8-4-15(13-24)5-9-17/h4-11H,3,12,14H2,1-2H3,(H,25,28)(H,26,31). The number of carbonyl (C=O) groups excluding carboxylic acids is 4. The van der Waals surface area contributed by atoms with Gasteiger partial charge in [0.05, 0.1) is 23.8 Å². The summed E-state index contributed by atoms with van der Waals surface area (Å²) in [5.74, 6) is -1.60. The zero-order valence-electron chi connectivity index (χ0n) is 17.7. The van der Waals surface area contributed by atoms with E-state index in [0.717, 1.165) is 4.90 Å². The summed E-state index contributed by atoms with van der Waals surface area (Å²) in [7, 11) is 0. The molecule has 4 amide bonds. The van der Waals surface area contributed by atoms with Crippen molar-refractivity contribution in [2.45, 2.75) is 25.8 Å². The molecular formula is C23H22N4O5. The number of imide groups is 1. The molecule has 1 unspecified atom stereocenters. The summed E-state index contributed by atoms with van der Waals surface area (Å²) in [6, 6.07) is 13.7. The second-order valence-corrected chi connectivity index (χ2v) is 7.40. The molecule has 1 fully saturated rings. The van der Waals surface area contributed by atoms with Gasteiger partial charge >= 0.3 is 12.0 Å². The summed E-state index contributed by atoms with van der Waals surface area (Å²) in [5, 5.41) is 14.1. The molecule has 2 aromatic carbocycles. The van der Waals surface area contributed by atoms with Crippen LogP contribution in [0.4, 0.5) is 10.5 Å². The Hall–Kier alpha value is -4.19. The third-order valence-corrected chi connectivity index (χ3v) is 5.01. The molecule has 1 saturated heterocycles. The van der Waals surface area contributed by atoms with Crippen molar-refractivity contribution < 1.29 is 23.9 Å². The molecule has 2 aromatic rings. The van der Waals surface area contributed by atoms with Crippen LogP contribution in [-0.2, 0) is 19.9 Å². The number of anilines is 1. The lowest BCUT2D eigenvalue weighted by Crippen LogP contribution is -2.42. The van der Waals surface area contributed by atoms with Crippen molar-refractivity contribution in [1.29, 1.82) is 5.26 Å². The van der Waals surface area contributed by atoms with E-state index in [9.17, 15) is 19.2 Å². The molecule has 0 aliphatic carbocycles. The normalized spacial score (nSPS) is 17.5. The molecule has 0 spiro atoms. The molecule has 9 heteroatoms. The molecule has 0 radical (unpaired) electrons. The summed E-state index contributed by atoms with van der Waals surface area (Å²) in [6.07, 6.45) is 0.715. The van der Waals surface area contributed by atoms with Gasteiger partial charge in [-0.15, -0.1) is 0 Å². The fraction of sp³-hybridized carbons (Fsp3) is 0.261. The number of esters is 1. The minimum absolute atomic E-state index is 0.324. The Morgan fingerprint density at radius 3 is 2.38 bits per heavy atom. The molecular weight excluding hydrogens is 412 g/mol. The lowest BCUT2D eigenvalue weighted by atomic mass is 9.91. The highest BCUT2D eigenvalue weighted by molar-refractivity contribution is 6.10. The molecule has 9 nitrogen and oxygen atoms in total. The molecule has 1 atom stereocenters. The van der Waals surface area contributed by atoms with E-state index in [4.69, 9.17) is 10.00 Å². The lowest BCUT2D eigenvalue weighted by Gasteiger charge is -2.22. The minimum Gasteiger partial charge on any atom is -0.462 e. The predicted octanol–water partition coefficient (Wildman–Crippen LogP) is 2.53. The van der Waals surface area contributed by atoms with E-state index >= 15 is 0 Å². The van der Waals surface area contributed by atoms with Gasteiger partial charge in [-0.1, -0.05) is 19.1 Å². The monoisotopic (exact) mass is 434 g/mol. The van der Waals surface area contributed by atoms with E-state index < -0.39 is 35.9 Å². The number of hydrogen-bond donors (Lipinski definition) is 2. The van der Waals surface area contributed by atoms with E-state index in [1.54, 1.807) is 31.2 Å². The highest BCUT2D eigenvalue weighted by Gasteiger charge is 2.49. The van der Waals surface area contributed by atoms with Gasteiger partial charge in [-0.25, -0.2) is 9.59 Å². The highest BCUT2D eigenvalue weighted by atomic mass is 16.5. The summed E-state index contributed by atoms with van der Waals surface area (Å²) in [5.41, 5.74) is 0.345. The first-order chi connectivity index (χ1) is 15.3. The van der Waals surface area contributed by atoms with Crippen LogP contribution in [0.15, 0.2) is 48.5 Å². The lowest BCUT2D eigenvalue weighted by molar-refractivity contribution is -0.133. The number of nitriles is 1. The maximum absolute atomic E-state index is 12.9. The van der Waals surface area contributed by atoms with E-state index in [0.29, 0.717) is 35.4 Å². The van der Waals surface area contributed by atoms with Crippen molar-refractivity contribution in [2.75, 3.05) is 18.5 Å². The third kappa shape index (κ3) is 4.59. The van der Waals surface area contributed by atoms with Crippen LogP contribution in [0.5, 0.6) is 0 Å². The number of rotatable bonds is 7. The molecule has 0 saturated carbocycles. The fourth-order valence-electron chi connectivity index (χ4n) is 3.23. The van der Waals surface area contributed by atoms with Crippen LogP contribution in [0, 0.1) is 11.3 Å². The SMILES string of the molecule is CCCOC(=O)c1ccc(NC(=O)CN2C(=O)NC(C)(c3ccc(C#N)cc3)C2=O)cc1. The number of benzene rings is 2. The van der Waals surface area contributed by atoms with Gasteiger partial charge in [0.1, 0.15) is 12.1 Å². The largest absolute Gasteiger partial charge is 0.462 e. The number of nitrogens with one attached hydrogen (secondary N) is 2. The second kappa shape index (κ2) is 9.31. The van der Waals surface area contributed by atoms with Gasteiger partial charge in [0, 0.05) is 5.69 Å². The van der Waals surface area contributed by atoms with E-state index in [-0.39, 0.29) is 0 Å². The number of ether oxygens (including phenoxy) is 1. The Labute approximate surface area is 185 Å². The van der Waals surface area contributed by atoms with Crippen molar-refractivity contribution in [3.05, 3.63) is 65.2 Å². The maximum atomic E-state index is 12.9. The Balaban J connectivity index is 1.64. The zero-order valence-corrected chi connectivity index (χ0v) is 17.7. The van der Waals surface area contributed by atoms with Gasteiger partial charge < -0.3 is 15.4 Å². The van der Waals surface area contributed by atoms with Crippen molar-refractivity contribution >= 4 is 29.5 Å². The maximum Gasteiger partial charge on any atom is 0.338 e. The van der Waals surface area contributed by atoms with Crippen molar-refractivity contribution in [3.63, 3.8) is 0 Å². The van der Waals surface area contributed by atoms with Gasteiger partial charge in [-0.3, -0.25) is 14.5 Å².